The van der Waals surface area contributed by atoms with Gasteiger partial charge >= 0.3 is 0 Å². The van der Waals surface area contributed by atoms with Crippen LogP contribution in [0.25, 0.3) is 28.1 Å². The van der Waals surface area contributed by atoms with E-state index >= 15 is 0 Å². The Morgan fingerprint density at radius 3 is 2.15 bits per heavy atom. The van der Waals surface area contributed by atoms with E-state index in [1.54, 1.807) is 23.0 Å². The average Bonchev–Trinajstić information content (AvgIpc) is 3.24. The van der Waals surface area contributed by atoms with Crippen LogP contribution in [0.3, 0.4) is 0 Å². The van der Waals surface area contributed by atoms with Gasteiger partial charge in [0.1, 0.15) is 5.82 Å². The number of rotatable bonds is 5. The molecule has 1 aliphatic heterocycles. The molecule has 5 rings (SSSR count). The second kappa shape index (κ2) is 8.92. The Labute approximate surface area is 193 Å². The first-order valence-electron chi connectivity index (χ1n) is 10.9. The predicted molar refractivity (Wildman–Crippen MR) is 128 cm³/mol. The van der Waals surface area contributed by atoms with Gasteiger partial charge in [0.15, 0.2) is 9.84 Å². The zero-order chi connectivity index (χ0) is 22.8. The van der Waals surface area contributed by atoms with Crippen LogP contribution in [0, 0.1) is 5.82 Å². The number of hydrogen-bond donors (Lipinski definition) is 0. The molecule has 0 atom stereocenters. The Hall–Kier alpha value is -3.29. The Bertz CT molecular complexity index is 1350. The van der Waals surface area contributed by atoms with Gasteiger partial charge in [0.05, 0.1) is 29.1 Å². The highest BCUT2D eigenvalue weighted by Gasteiger charge is 2.24. The van der Waals surface area contributed by atoms with Crippen LogP contribution >= 0.6 is 0 Å². The molecule has 168 valence electrons. The topological polar surface area (TPSA) is 55.2 Å². The van der Waals surface area contributed by atoms with Crippen molar-refractivity contribution < 1.29 is 12.8 Å². The number of halogens is 1. The molecule has 0 amide bonds. The van der Waals surface area contributed by atoms with Gasteiger partial charge in [-0.3, -0.25) is 4.90 Å². The van der Waals surface area contributed by atoms with E-state index in [4.69, 9.17) is 0 Å². The van der Waals surface area contributed by atoms with Gasteiger partial charge in [0, 0.05) is 30.8 Å². The fraction of sp³-hybridized carbons (Fsp3) is 0.192. The van der Waals surface area contributed by atoms with Gasteiger partial charge in [-0.15, -0.1) is 0 Å². The van der Waals surface area contributed by atoms with Gasteiger partial charge in [-0.05, 0) is 35.4 Å². The van der Waals surface area contributed by atoms with Crippen molar-refractivity contribution >= 4 is 9.84 Å². The minimum atomic E-state index is -2.96. The first kappa shape index (κ1) is 21.6. The lowest BCUT2D eigenvalue weighted by molar-refractivity contribution is 0.288. The normalized spacial score (nSPS) is 16.0. The molecule has 0 radical (unpaired) electrons. The molecule has 2 heterocycles. The van der Waals surface area contributed by atoms with Gasteiger partial charge in [0.2, 0.25) is 0 Å². The molecule has 0 bridgehead atoms. The minimum absolute atomic E-state index is 0.150. The molecule has 0 aliphatic carbocycles. The van der Waals surface area contributed by atoms with Crippen LogP contribution in [0.2, 0.25) is 0 Å². The minimum Gasteiger partial charge on any atom is -0.297 e. The fourth-order valence-electron chi connectivity index (χ4n) is 4.21. The molecule has 5 nitrogen and oxygen atoms in total. The lowest BCUT2D eigenvalue weighted by atomic mass is 10.0. The highest BCUT2D eigenvalue weighted by atomic mass is 32.2. The van der Waals surface area contributed by atoms with Crippen LogP contribution in [0.5, 0.6) is 0 Å². The summed E-state index contributed by atoms with van der Waals surface area (Å²) in [7, 11) is -2.96. The smallest absolute Gasteiger partial charge is 0.152 e. The number of hydrogen-bond acceptors (Lipinski definition) is 4. The molecule has 7 heteroatoms. The van der Waals surface area contributed by atoms with Gasteiger partial charge < -0.3 is 0 Å². The summed E-state index contributed by atoms with van der Waals surface area (Å²) in [5.74, 6) is -0.0172. The van der Waals surface area contributed by atoms with Crippen molar-refractivity contribution in [1.82, 2.24) is 14.7 Å². The van der Waals surface area contributed by atoms with Gasteiger partial charge in [-0.1, -0.05) is 54.6 Å². The van der Waals surface area contributed by atoms with E-state index < -0.39 is 9.84 Å². The lowest BCUT2D eigenvalue weighted by Gasteiger charge is -2.26. The van der Waals surface area contributed by atoms with Crippen molar-refractivity contribution in [3.8, 4) is 28.1 Å². The van der Waals surface area contributed by atoms with E-state index in [9.17, 15) is 12.8 Å². The zero-order valence-corrected chi connectivity index (χ0v) is 18.9. The second-order valence-corrected chi connectivity index (χ2v) is 10.6. The van der Waals surface area contributed by atoms with Crippen LogP contribution in [0.1, 0.15) is 5.56 Å². The van der Waals surface area contributed by atoms with E-state index in [2.05, 4.69) is 22.1 Å². The molecule has 0 unspecified atom stereocenters. The SMILES string of the molecule is O=S1(=O)CCN(Cc2cnn(-c3ccc(-c4ccccc4)cc3)c2-c2ccccc2F)CC1. The van der Waals surface area contributed by atoms with Crippen molar-refractivity contribution in [3.63, 3.8) is 0 Å². The van der Waals surface area contributed by atoms with Crippen LogP contribution < -0.4 is 0 Å². The molecular weight excluding hydrogens is 437 g/mol. The van der Waals surface area contributed by atoms with Crippen molar-refractivity contribution in [2.75, 3.05) is 24.6 Å². The van der Waals surface area contributed by atoms with Crippen LogP contribution in [-0.2, 0) is 16.4 Å². The third kappa shape index (κ3) is 4.60. The van der Waals surface area contributed by atoms with E-state index in [0.717, 1.165) is 22.4 Å². The van der Waals surface area contributed by atoms with Crippen molar-refractivity contribution in [2.45, 2.75) is 6.54 Å². The van der Waals surface area contributed by atoms with E-state index in [-0.39, 0.29) is 17.3 Å². The molecule has 3 aromatic carbocycles. The summed E-state index contributed by atoms with van der Waals surface area (Å²) in [5.41, 5.74) is 5.08. The zero-order valence-electron chi connectivity index (χ0n) is 18.1. The summed E-state index contributed by atoms with van der Waals surface area (Å²) in [6, 6.07) is 24.8. The molecule has 1 aliphatic rings. The monoisotopic (exact) mass is 461 g/mol. The maximum atomic E-state index is 14.9. The molecule has 33 heavy (non-hydrogen) atoms. The second-order valence-electron chi connectivity index (χ2n) is 8.25. The Morgan fingerprint density at radius 2 is 1.45 bits per heavy atom. The Balaban J connectivity index is 1.52. The molecule has 0 saturated carbocycles. The Kier molecular flexibility index (Phi) is 5.83. The molecule has 0 spiro atoms. The maximum absolute atomic E-state index is 14.9. The first-order valence-corrected chi connectivity index (χ1v) is 12.7. The van der Waals surface area contributed by atoms with Crippen molar-refractivity contribution in [1.29, 1.82) is 0 Å². The summed E-state index contributed by atoms with van der Waals surface area (Å²) in [6.45, 7) is 1.45. The van der Waals surface area contributed by atoms with E-state index in [0.29, 0.717) is 30.9 Å². The van der Waals surface area contributed by atoms with E-state index in [1.807, 2.05) is 48.5 Å². The molecule has 1 aromatic heterocycles. The largest absolute Gasteiger partial charge is 0.297 e. The number of benzene rings is 3. The number of nitrogens with zero attached hydrogens (tertiary/aromatic N) is 3. The van der Waals surface area contributed by atoms with Gasteiger partial charge in [-0.25, -0.2) is 17.5 Å². The highest BCUT2D eigenvalue weighted by molar-refractivity contribution is 7.91. The van der Waals surface area contributed by atoms with Crippen molar-refractivity contribution in [3.05, 3.63) is 96.4 Å². The van der Waals surface area contributed by atoms with Gasteiger partial charge in [-0.2, -0.15) is 5.10 Å². The predicted octanol–water partition coefficient (Wildman–Crippen LogP) is 4.58. The van der Waals surface area contributed by atoms with Crippen LogP contribution in [0.4, 0.5) is 4.39 Å². The summed E-state index contributed by atoms with van der Waals surface area (Å²) in [5, 5.41) is 4.61. The highest BCUT2D eigenvalue weighted by Crippen LogP contribution is 2.31. The summed E-state index contributed by atoms with van der Waals surface area (Å²) in [4.78, 5) is 2.09. The standard InChI is InChI=1S/C26H24FN3O2S/c27-25-9-5-4-8-24(25)26-22(19-29-14-16-33(31,32)17-15-29)18-28-30(26)23-12-10-21(11-13-23)20-6-2-1-3-7-20/h1-13,18H,14-17,19H2. The molecule has 4 aromatic rings. The number of aromatic nitrogens is 2. The fourth-order valence-corrected chi connectivity index (χ4v) is 5.49. The van der Waals surface area contributed by atoms with Crippen LogP contribution in [0.15, 0.2) is 85.1 Å². The van der Waals surface area contributed by atoms with Gasteiger partial charge in [0.25, 0.3) is 0 Å². The molecule has 1 saturated heterocycles. The summed E-state index contributed by atoms with van der Waals surface area (Å²) in [6.07, 6.45) is 1.76. The Morgan fingerprint density at radius 1 is 0.818 bits per heavy atom. The third-order valence-electron chi connectivity index (χ3n) is 6.02. The summed E-state index contributed by atoms with van der Waals surface area (Å²) < 4.78 is 40.2. The molecular formula is C26H24FN3O2S. The maximum Gasteiger partial charge on any atom is 0.152 e. The van der Waals surface area contributed by atoms with Crippen LogP contribution in [-0.4, -0.2) is 47.7 Å². The van der Waals surface area contributed by atoms with Crippen molar-refractivity contribution in [2.24, 2.45) is 0 Å². The average molecular weight is 462 g/mol. The first-order chi connectivity index (χ1) is 16.0. The number of sulfone groups is 1. The summed E-state index contributed by atoms with van der Waals surface area (Å²) >= 11 is 0. The van der Waals surface area contributed by atoms with E-state index in [1.165, 1.54) is 6.07 Å². The lowest BCUT2D eigenvalue weighted by Crippen LogP contribution is -2.39. The molecule has 1 fully saturated rings. The molecule has 0 N–H and O–H groups in total. The quantitative estimate of drug-likeness (QED) is 0.437. The third-order valence-corrected chi connectivity index (χ3v) is 7.63.